The van der Waals surface area contributed by atoms with Gasteiger partial charge >= 0.3 is 0 Å². The second-order valence-corrected chi connectivity index (χ2v) is 7.19. The van der Waals surface area contributed by atoms with Crippen molar-refractivity contribution >= 4 is 23.1 Å². The van der Waals surface area contributed by atoms with Crippen molar-refractivity contribution in [1.29, 1.82) is 0 Å². The summed E-state index contributed by atoms with van der Waals surface area (Å²) in [5.74, 6) is 2.58. The van der Waals surface area contributed by atoms with Crippen molar-refractivity contribution in [3.05, 3.63) is 58.4 Å². The van der Waals surface area contributed by atoms with E-state index in [0.29, 0.717) is 17.5 Å². The minimum atomic E-state index is 0.543. The van der Waals surface area contributed by atoms with E-state index in [-0.39, 0.29) is 0 Å². The summed E-state index contributed by atoms with van der Waals surface area (Å²) in [4.78, 5) is 4.45. The molecule has 0 radical (unpaired) electrons. The van der Waals surface area contributed by atoms with Crippen molar-refractivity contribution in [3.8, 4) is 17.1 Å². The lowest BCUT2D eigenvalue weighted by Gasteiger charge is -2.10. The van der Waals surface area contributed by atoms with E-state index >= 15 is 0 Å². The van der Waals surface area contributed by atoms with Gasteiger partial charge in [-0.05, 0) is 36.9 Å². The normalized spacial score (nSPS) is 11.1. The Bertz CT molecular complexity index is 990. The van der Waals surface area contributed by atoms with Crippen LogP contribution in [-0.2, 0) is 5.75 Å². The van der Waals surface area contributed by atoms with Gasteiger partial charge in [-0.25, -0.2) is 0 Å². The lowest BCUT2D eigenvalue weighted by Crippen LogP contribution is -2.01. The molecule has 8 heteroatoms. The third kappa shape index (κ3) is 3.22. The van der Waals surface area contributed by atoms with Gasteiger partial charge in [0, 0.05) is 10.9 Å². The Balaban J connectivity index is 1.56. The van der Waals surface area contributed by atoms with Crippen molar-refractivity contribution in [2.75, 3.05) is 0 Å². The van der Waals surface area contributed by atoms with Crippen molar-refractivity contribution in [1.82, 2.24) is 24.9 Å². The summed E-state index contributed by atoms with van der Waals surface area (Å²) in [5, 5.41) is 17.3. The number of thiophene rings is 1. The highest BCUT2D eigenvalue weighted by Gasteiger charge is 2.15. The van der Waals surface area contributed by atoms with Gasteiger partial charge in [-0.15, -0.1) is 10.2 Å². The molecule has 0 bridgehead atoms. The molecule has 0 amide bonds. The maximum Gasteiger partial charge on any atom is 0.237 e. The number of hydrogen-bond acceptors (Lipinski definition) is 7. The van der Waals surface area contributed by atoms with Gasteiger partial charge in [-0.3, -0.25) is 4.57 Å². The average molecular weight is 369 g/mol. The van der Waals surface area contributed by atoms with E-state index in [1.807, 2.05) is 35.9 Å². The largest absolute Gasteiger partial charge is 0.338 e. The molecule has 0 aliphatic carbocycles. The molecule has 0 spiro atoms. The van der Waals surface area contributed by atoms with Crippen LogP contribution in [0.4, 0.5) is 0 Å². The molecule has 4 rings (SSSR count). The lowest BCUT2D eigenvalue weighted by molar-refractivity contribution is 0.391. The number of benzene rings is 1. The van der Waals surface area contributed by atoms with Crippen molar-refractivity contribution in [2.24, 2.45) is 0 Å². The number of aromatic nitrogens is 5. The number of nitrogens with zero attached hydrogens (tertiary/aromatic N) is 5. The molecule has 0 unspecified atom stereocenters. The predicted molar refractivity (Wildman–Crippen MR) is 98.0 cm³/mol. The molecule has 6 nitrogen and oxygen atoms in total. The summed E-state index contributed by atoms with van der Waals surface area (Å²) >= 11 is 3.14. The highest BCUT2D eigenvalue weighted by molar-refractivity contribution is 7.98. The molecule has 3 heterocycles. The smallest absolute Gasteiger partial charge is 0.237 e. The van der Waals surface area contributed by atoms with Crippen LogP contribution in [0, 0.1) is 13.8 Å². The first-order valence-corrected chi connectivity index (χ1v) is 9.61. The van der Waals surface area contributed by atoms with Crippen molar-refractivity contribution < 1.29 is 4.52 Å². The van der Waals surface area contributed by atoms with Gasteiger partial charge in [0.1, 0.15) is 5.82 Å². The van der Waals surface area contributed by atoms with Gasteiger partial charge in [-0.2, -0.15) is 16.3 Å². The number of thioether (sulfide) groups is 1. The topological polar surface area (TPSA) is 69.6 Å². The van der Waals surface area contributed by atoms with E-state index in [9.17, 15) is 0 Å². The molecule has 25 heavy (non-hydrogen) atoms. The number of hydrogen-bond donors (Lipinski definition) is 0. The summed E-state index contributed by atoms with van der Waals surface area (Å²) in [5.41, 5.74) is 3.23. The maximum atomic E-state index is 5.35. The zero-order valence-electron chi connectivity index (χ0n) is 13.7. The SMILES string of the molecule is Cc1ccccc1-n1c(C)nnc1SCc1nc(-c2ccsc2)no1. The Morgan fingerprint density at radius 2 is 2.04 bits per heavy atom. The molecule has 0 fully saturated rings. The zero-order valence-corrected chi connectivity index (χ0v) is 15.3. The van der Waals surface area contributed by atoms with Crippen LogP contribution in [-0.4, -0.2) is 24.9 Å². The van der Waals surface area contributed by atoms with E-state index in [0.717, 1.165) is 22.2 Å². The Labute approximate surface area is 152 Å². The molecular weight excluding hydrogens is 354 g/mol. The fraction of sp³-hybridized carbons (Fsp3) is 0.176. The molecule has 0 aliphatic heterocycles. The molecule has 0 aliphatic rings. The summed E-state index contributed by atoms with van der Waals surface area (Å²) in [6.45, 7) is 4.03. The Morgan fingerprint density at radius 1 is 1.16 bits per heavy atom. The second-order valence-electron chi connectivity index (χ2n) is 5.46. The number of aryl methyl sites for hydroxylation is 2. The van der Waals surface area contributed by atoms with Crippen LogP contribution >= 0.6 is 23.1 Å². The highest BCUT2D eigenvalue weighted by atomic mass is 32.2. The minimum Gasteiger partial charge on any atom is -0.338 e. The molecule has 0 saturated heterocycles. The standard InChI is InChI=1S/C17H15N5OS2/c1-11-5-3-4-6-14(11)22-12(2)19-20-17(22)25-10-15-18-16(21-23-15)13-7-8-24-9-13/h3-9H,10H2,1-2H3. The van der Waals surface area contributed by atoms with Crippen LogP contribution in [0.1, 0.15) is 17.3 Å². The Morgan fingerprint density at radius 3 is 2.84 bits per heavy atom. The first kappa shape index (κ1) is 16.0. The van der Waals surface area contributed by atoms with Gasteiger partial charge in [-0.1, -0.05) is 35.1 Å². The maximum absolute atomic E-state index is 5.35. The highest BCUT2D eigenvalue weighted by Crippen LogP contribution is 2.27. The van der Waals surface area contributed by atoms with Crippen LogP contribution in [0.25, 0.3) is 17.1 Å². The molecule has 0 N–H and O–H groups in total. The molecular formula is C17H15N5OS2. The molecule has 3 aromatic heterocycles. The predicted octanol–water partition coefficient (Wildman–Crippen LogP) is 4.29. The molecule has 0 saturated carbocycles. The Kier molecular flexibility index (Phi) is 4.37. The van der Waals surface area contributed by atoms with Crippen LogP contribution in [0.5, 0.6) is 0 Å². The monoisotopic (exact) mass is 369 g/mol. The summed E-state index contributed by atoms with van der Waals surface area (Å²) in [6.07, 6.45) is 0. The van der Waals surface area contributed by atoms with Gasteiger partial charge in [0.15, 0.2) is 5.16 Å². The Hall–Kier alpha value is -2.45. The van der Waals surface area contributed by atoms with E-state index < -0.39 is 0 Å². The number of rotatable bonds is 5. The van der Waals surface area contributed by atoms with Crippen LogP contribution < -0.4 is 0 Å². The number of para-hydroxylation sites is 1. The second kappa shape index (κ2) is 6.81. The first-order chi connectivity index (χ1) is 12.2. The fourth-order valence-corrected chi connectivity index (χ4v) is 3.94. The quantitative estimate of drug-likeness (QED) is 0.489. The lowest BCUT2D eigenvalue weighted by atomic mass is 10.2. The summed E-state index contributed by atoms with van der Waals surface area (Å²) < 4.78 is 7.40. The summed E-state index contributed by atoms with van der Waals surface area (Å²) in [7, 11) is 0. The van der Waals surface area contributed by atoms with Gasteiger partial charge in [0.25, 0.3) is 0 Å². The summed E-state index contributed by atoms with van der Waals surface area (Å²) in [6, 6.07) is 10.2. The molecule has 126 valence electrons. The first-order valence-electron chi connectivity index (χ1n) is 7.68. The van der Waals surface area contributed by atoms with Crippen LogP contribution in [0.3, 0.4) is 0 Å². The molecule has 1 aromatic carbocycles. The van der Waals surface area contributed by atoms with E-state index in [1.54, 1.807) is 11.3 Å². The zero-order chi connectivity index (χ0) is 17.2. The van der Waals surface area contributed by atoms with E-state index in [2.05, 4.69) is 44.0 Å². The molecule has 4 aromatic rings. The fourth-order valence-electron chi connectivity index (χ4n) is 2.48. The van der Waals surface area contributed by atoms with Gasteiger partial charge < -0.3 is 4.52 Å². The van der Waals surface area contributed by atoms with Crippen LogP contribution in [0.2, 0.25) is 0 Å². The van der Waals surface area contributed by atoms with Gasteiger partial charge in [0.05, 0.1) is 11.4 Å². The van der Waals surface area contributed by atoms with Crippen LogP contribution in [0.15, 0.2) is 50.8 Å². The molecule has 0 atom stereocenters. The average Bonchev–Trinajstić information content (AvgIpc) is 3.34. The minimum absolute atomic E-state index is 0.543. The third-order valence-corrected chi connectivity index (χ3v) is 5.32. The third-order valence-electron chi connectivity index (χ3n) is 3.72. The van der Waals surface area contributed by atoms with Crippen molar-refractivity contribution in [3.63, 3.8) is 0 Å². The van der Waals surface area contributed by atoms with E-state index in [4.69, 9.17) is 4.52 Å². The van der Waals surface area contributed by atoms with E-state index in [1.165, 1.54) is 17.3 Å². The van der Waals surface area contributed by atoms with Gasteiger partial charge in [0.2, 0.25) is 11.7 Å². The van der Waals surface area contributed by atoms with Crippen molar-refractivity contribution in [2.45, 2.75) is 24.8 Å².